The van der Waals surface area contributed by atoms with Crippen molar-refractivity contribution in [2.24, 2.45) is 5.73 Å². The van der Waals surface area contributed by atoms with Gasteiger partial charge in [0.25, 0.3) is 5.91 Å². The van der Waals surface area contributed by atoms with Crippen LogP contribution in [0.25, 0.3) is 0 Å². The second kappa shape index (κ2) is 6.66. The molecule has 0 unspecified atom stereocenters. The van der Waals surface area contributed by atoms with Crippen molar-refractivity contribution in [1.29, 1.82) is 0 Å². The summed E-state index contributed by atoms with van der Waals surface area (Å²) in [4.78, 5) is 11.2. The van der Waals surface area contributed by atoms with Crippen LogP contribution in [-0.4, -0.2) is 21.4 Å². The number of hydrogen-bond donors (Lipinski definition) is 1. The molecule has 2 rings (SSSR count). The second-order valence-electron chi connectivity index (χ2n) is 4.37. The highest BCUT2D eigenvalue weighted by atomic mass is 35.5. The predicted molar refractivity (Wildman–Crippen MR) is 85.8 cm³/mol. The Morgan fingerprint density at radius 2 is 1.70 bits per heavy atom. The number of primary amides is 1. The van der Waals surface area contributed by atoms with Crippen LogP contribution in [-0.2, 0) is 10.1 Å². The van der Waals surface area contributed by atoms with E-state index >= 15 is 0 Å². The fraction of sp³-hybridized carbons (Fsp3) is 0.0714. The van der Waals surface area contributed by atoms with E-state index < -0.39 is 16.0 Å². The molecule has 23 heavy (non-hydrogen) atoms. The van der Waals surface area contributed by atoms with E-state index in [0.717, 1.165) is 0 Å². The number of rotatable bonds is 5. The van der Waals surface area contributed by atoms with Crippen molar-refractivity contribution in [1.82, 2.24) is 0 Å². The van der Waals surface area contributed by atoms with Gasteiger partial charge in [0.2, 0.25) is 0 Å². The van der Waals surface area contributed by atoms with Crippen molar-refractivity contribution in [3.8, 4) is 11.5 Å². The summed E-state index contributed by atoms with van der Waals surface area (Å²) in [5, 5.41) is 0.251. The molecule has 0 saturated carbocycles. The number of nitrogens with two attached hydrogens (primary N) is 1. The van der Waals surface area contributed by atoms with Crippen LogP contribution in [0.15, 0.2) is 41.3 Å². The molecule has 0 spiro atoms. The molecule has 0 saturated heterocycles. The highest BCUT2D eigenvalue weighted by molar-refractivity contribution is 7.87. The first-order chi connectivity index (χ1) is 10.7. The first-order valence-electron chi connectivity index (χ1n) is 6.11. The minimum Gasteiger partial charge on any atom is -0.497 e. The van der Waals surface area contributed by atoms with Crippen LogP contribution in [0, 0.1) is 0 Å². The molecule has 0 bridgehead atoms. The normalized spacial score (nSPS) is 11.1. The summed E-state index contributed by atoms with van der Waals surface area (Å²) in [5.74, 6) is -0.806. The predicted octanol–water partition coefficient (Wildman–Crippen LogP) is 2.87. The molecule has 6 nitrogen and oxygen atoms in total. The molecule has 0 fully saturated rings. The summed E-state index contributed by atoms with van der Waals surface area (Å²) in [6, 6.07) is 7.72. The summed E-state index contributed by atoms with van der Waals surface area (Å²) < 4.78 is 34.7. The van der Waals surface area contributed by atoms with Gasteiger partial charge in [-0.15, -0.1) is 0 Å². The Balaban J connectivity index is 2.50. The summed E-state index contributed by atoms with van der Waals surface area (Å²) in [6.07, 6.45) is 0. The fourth-order valence-electron chi connectivity index (χ4n) is 1.74. The van der Waals surface area contributed by atoms with Gasteiger partial charge in [0, 0.05) is 16.1 Å². The van der Waals surface area contributed by atoms with Crippen LogP contribution in [0.5, 0.6) is 11.5 Å². The van der Waals surface area contributed by atoms with Crippen LogP contribution in [0.4, 0.5) is 0 Å². The van der Waals surface area contributed by atoms with Gasteiger partial charge in [0.05, 0.1) is 12.7 Å². The molecule has 0 aliphatic rings. The SMILES string of the molecule is COc1ccc(C(N)=O)c(OS(=O)(=O)c2cc(Cl)cc(Cl)c2)c1. The van der Waals surface area contributed by atoms with Gasteiger partial charge in [-0.2, -0.15) is 8.42 Å². The molecule has 2 N–H and O–H groups in total. The summed E-state index contributed by atoms with van der Waals surface area (Å²) in [7, 11) is -2.89. The number of carbonyl (C=O) groups is 1. The van der Waals surface area contributed by atoms with E-state index in [0.29, 0.717) is 5.75 Å². The Morgan fingerprint density at radius 3 is 2.22 bits per heavy atom. The summed E-state index contributed by atoms with van der Waals surface area (Å²) in [5.41, 5.74) is 5.11. The lowest BCUT2D eigenvalue weighted by molar-refractivity contribution is 0.0999. The smallest absolute Gasteiger partial charge is 0.339 e. The Hall–Kier alpha value is -1.96. The molecule has 122 valence electrons. The monoisotopic (exact) mass is 375 g/mol. The number of benzene rings is 2. The highest BCUT2D eigenvalue weighted by Crippen LogP contribution is 2.29. The Morgan fingerprint density at radius 1 is 1.09 bits per heavy atom. The van der Waals surface area contributed by atoms with Crippen LogP contribution in [0.3, 0.4) is 0 Å². The first-order valence-corrected chi connectivity index (χ1v) is 8.28. The third kappa shape index (κ3) is 4.07. The van der Waals surface area contributed by atoms with Crippen molar-refractivity contribution >= 4 is 39.2 Å². The Kier molecular flexibility index (Phi) is 5.03. The molecule has 0 aliphatic heterocycles. The van der Waals surface area contributed by atoms with E-state index in [9.17, 15) is 13.2 Å². The van der Waals surface area contributed by atoms with E-state index in [-0.39, 0.29) is 26.3 Å². The highest BCUT2D eigenvalue weighted by Gasteiger charge is 2.22. The third-order valence-electron chi connectivity index (χ3n) is 2.78. The zero-order chi connectivity index (χ0) is 17.2. The van der Waals surface area contributed by atoms with Crippen molar-refractivity contribution in [3.63, 3.8) is 0 Å². The fourth-order valence-corrected chi connectivity index (χ4v) is 3.41. The molecule has 1 amide bonds. The molecule has 0 radical (unpaired) electrons. The number of halogens is 2. The molecule has 2 aromatic carbocycles. The second-order valence-corrected chi connectivity index (χ2v) is 6.79. The average molecular weight is 376 g/mol. The maximum absolute atomic E-state index is 12.3. The van der Waals surface area contributed by atoms with Gasteiger partial charge in [0.1, 0.15) is 10.6 Å². The molecule has 9 heteroatoms. The summed E-state index contributed by atoms with van der Waals surface area (Å²) >= 11 is 11.6. The van der Waals surface area contributed by atoms with E-state index in [1.165, 1.54) is 43.5 Å². The standard InChI is InChI=1S/C14H11Cl2NO5S/c1-21-10-2-3-12(14(17)18)13(7-10)22-23(19,20)11-5-8(15)4-9(16)6-11/h2-7H,1H3,(H2,17,18). The number of methoxy groups -OCH3 is 1. The molecule has 0 heterocycles. The lowest BCUT2D eigenvalue weighted by atomic mass is 10.2. The third-order valence-corrected chi connectivity index (χ3v) is 4.43. The van der Waals surface area contributed by atoms with Crippen molar-refractivity contribution < 1.29 is 22.1 Å². The summed E-state index contributed by atoms with van der Waals surface area (Å²) in [6.45, 7) is 0. The lowest BCUT2D eigenvalue weighted by Crippen LogP contribution is -2.16. The molecular weight excluding hydrogens is 365 g/mol. The number of carbonyl (C=O) groups excluding carboxylic acids is 1. The number of hydrogen-bond acceptors (Lipinski definition) is 5. The van der Waals surface area contributed by atoms with Crippen molar-refractivity contribution in [3.05, 3.63) is 52.0 Å². The van der Waals surface area contributed by atoms with E-state index in [4.69, 9.17) is 37.9 Å². The van der Waals surface area contributed by atoms with Crippen LogP contribution in [0.1, 0.15) is 10.4 Å². The van der Waals surface area contributed by atoms with Crippen LogP contribution >= 0.6 is 23.2 Å². The quantitative estimate of drug-likeness (QED) is 0.810. The van der Waals surface area contributed by atoms with Gasteiger partial charge in [0.15, 0.2) is 5.75 Å². The van der Waals surface area contributed by atoms with E-state index in [1.807, 2.05) is 0 Å². The first kappa shape index (κ1) is 17.4. The topological polar surface area (TPSA) is 95.7 Å². The van der Waals surface area contributed by atoms with Crippen molar-refractivity contribution in [2.45, 2.75) is 4.90 Å². The van der Waals surface area contributed by atoms with Gasteiger partial charge in [-0.3, -0.25) is 4.79 Å². The zero-order valence-corrected chi connectivity index (χ0v) is 14.1. The minimum atomic E-state index is -4.27. The minimum absolute atomic E-state index is 0.109. The largest absolute Gasteiger partial charge is 0.497 e. The molecule has 0 atom stereocenters. The maximum atomic E-state index is 12.3. The molecule has 0 aromatic heterocycles. The molecular formula is C14H11Cl2NO5S. The number of ether oxygens (including phenoxy) is 1. The zero-order valence-electron chi connectivity index (χ0n) is 11.7. The van der Waals surface area contributed by atoms with E-state index in [1.54, 1.807) is 0 Å². The van der Waals surface area contributed by atoms with Crippen molar-refractivity contribution in [2.75, 3.05) is 7.11 Å². The van der Waals surface area contributed by atoms with Crippen LogP contribution in [0.2, 0.25) is 10.0 Å². The maximum Gasteiger partial charge on any atom is 0.339 e. The molecule has 2 aromatic rings. The number of amides is 1. The molecule has 0 aliphatic carbocycles. The van der Waals surface area contributed by atoms with Crippen LogP contribution < -0.4 is 14.7 Å². The van der Waals surface area contributed by atoms with Gasteiger partial charge >= 0.3 is 10.1 Å². The van der Waals surface area contributed by atoms with E-state index in [2.05, 4.69) is 0 Å². The lowest BCUT2D eigenvalue weighted by Gasteiger charge is -2.11. The Bertz CT molecular complexity index is 847. The van der Waals surface area contributed by atoms with Gasteiger partial charge in [-0.1, -0.05) is 23.2 Å². The van der Waals surface area contributed by atoms with Gasteiger partial charge < -0.3 is 14.7 Å². The van der Waals surface area contributed by atoms with Gasteiger partial charge in [-0.05, 0) is 30.3 Å². The average Bonchev–Trinajstić information content (AvgIpc) is 2.45. The Labute approximate surface area is 142 Å². The van der Waals surface area contributed by atoms with Gasteiger partial charge in [-0.25, -0.2) is 0 Å².